The molecule has 1 aliphatic rings. The topological polar surface area (TPSA) is 26.0 Å². The number of hydrogen-bond donors (Lipinski definition) is 1. The Kier molecular flexibility index (Phi) is 4.00. The first-order chi connectivity index (χ1) is 7.79. The Morgan fingerprint density at radius 3 is 2.69 bits per heavy atom. The Labute approximate surface area is 99.0 Å². The summed E-state index contributed by atoms with van der Waals surface area (Å²) in [7, 11) is 0. The van der Waals surface area contributed by atoms with E-state index in [9.17, 15) is 0 Å². The number of benzene rings is 1. The van der Waals surface area contributed by atoms with Crippen LogP contribution >= 0.6 is 0 Å². The van der Waals surface area contributed by atoms with Crippen LogP contribution in [-0.2, 0) is 19.3 Å². The highest BCUT2D eigenvalue weighted by Crippen LogP contribution is 2.22. The zero-order valence-corrected chi connectivity index (χ0v) is 10.3. The lowest BCUT2D eigenvalue weighted by Crippen LogP contribution is -2.22. The van der Waals surface area contributed by atoms with Gasteiger partial charge >= 0.3 is 0 Å². The van der Waals surface area contributed by atoms with E-state index in [1.807, 2.05) is 0 Å². The summed E-state index contributed by atoms with van der Waals surface area (Å²) >= 11 is 0. The first kappa shape index (κ1) is 11.7. The van der Waals surface area contributed by atoms with E-state index >= 15 is 0 Å². The van der Waals surface area contributed by atoms with E-state index in [0.29, 0.717) is 6.04 Å². The molecule has 1 aliphatic carbocycles. The van der Waals surface area contributed by atoms with Crippen molar-refractivity contribution in [3.63, 3.8) is 0 Å². The molecule has 0 aliphatic heterocycles. The third-order valence-corrected chi connectivity index (χ3v) is 3.57. The summed E-state index contributed by atoms with van der Waals surface area (Å²) in [4.78, 5) is 0. The predicted molar refractivity (Wildman–Crippen MR) is 69.7 cm³/mol. The van der Waals surface area contributed by atoms with Gasteiger partial charge in [-0.15, -0.1) is 0 Å². The van der Waals surface area contributed by atoms with Crippen molar-refractivity contribution in [2.24, 2.45) is 5.73 Å². The monoisotopic (exact) mass is 217 g/mol. The van der Waals surface area contributed by atoms with Crippen LogP contribution in [0.25, 0.3) is 0 Å². The number of nitrogens with two attached hydrogens (primary N) is 1. The molecule has 1 aromatic carbocycles. The smallest absolute Gasteiger partial charge is 0.00792 e. The Hall–Kier alpha value is -0.820. The van der Waals surface area contributed by atoms with Crippen molar-refractivity contribution in [2.45, 2.75) is 57.9 Å². The number of rotatable bonds is 4. The predicted octanol–water partition coefficient (Wildman–Crippen LogP) is 3.24. The molecule has 0 amide bonds. The lowest BCUT2D eigenvalue weighted by molar-refractivity contribution is 0.599. The van der Waals surface area contributed by atoms with Crippen molar-refractivity contribution >= 4 is 0 Å². The van der Waals surface area contributed by atoms with Crippen molar-refractivity contribution in [2.75, 3.05) is 0 Å². The normalized spacial score (nSPS) is 16.9. The van der Waals surface area contributed by atoms with Crippen LogP contribution in [0.5, 0.6) is 0 Å². The minimum Gasteiger partial charge on any atom is -0.327 e. The van der Waals surface area contributed by atoms with Gasteiger partial charge in [-0.25, -0.2) is 0 Å². The van der Waals surface area contributed by atoms with Gasteiger partial charge in [-0.1, -0.05) is 31.5 Å². The van der Waals surface area contributed by atoms with Crippen molar-refractivity contribution in [3.05, 3.63) is 34.9 Å². The van der Waals surface area contributed by atoms with Crippen molar-refractivity contribution in [3.8, 4) is 0 Å². The summed E-state index contributed by atoms with van der Waals surface area (Å²) in [6.45, 7) is 2.20. The highest BCUT2D eigenvalue weighted by molar-refractivity contribution is 5.34. The molecule has 88 valence electrons. The van der Waals surface area contributed by atoms with Gasteiger partial charge in [0, 0.05) is 6.04 Å². The van der Waals surface area contributed by atoms with E-state index in [1.165, 1.54) is 37.7 Å². The van der Waals surface area contributed by atoms with Crippen molar-refractivity contribution < 1.29 is 0 Å². The Bertz CT molecular complexity index is 343. The second kappa shape index (κ2) is 5.49. The number of hydrogen-bond acceptors (Lipinski definition) is 1. The SMILES string of the molecule is CCCC(N)Cc1ccc2c(c1)CCCC2. The minimum absolute atomic E-state index is 0.339. The maximum Gasteiger partial charge on any atom is 0.00792 e. The van der Waals surface area contributed by atoms with Gasteiger partial charge in [0.2, 0.25) is 0 Å². The lowest BCUT2D eigenvalue weighted by atomic mass is 9.89. The fourth-order valence-electron chi connectivity index (χ4n) is 2.69. The molecule has 0 fully saturated rings. The van der Waals surface area contributed by atoms with Crippen LogP contribution in [0.3, 0.4) is 0 Å². The van der Waals surface area contributed by atoms with Crippen molar-refractivity contribution in [1.29, 1.82) is 0 Å². The van der Waals surface area contributed by atoms with Crippen LogP contribution in [0.4, 0.5) is 0 Å². The molecule has 1 nitrogen and oxygen atoms in total. The van der Waals surface area contributed by atoms with E-state index in [2.05, 4.69) is 25.1 Å². The largest absolute Gasteiger partial charge is 0.327 e. The molecule has 0 saturated heterocycles. The molecule has 2 rings (SSSR count). The molecule has 0 bridgehead atoms. The standard InChI is InChI=1S/C15H23N/c1-2-5-15(16)11-12-8-9-13-6-3-4-7-14(13)10-12/h8-10,15H,2-7,11,16H2,1H3. The molecule has 16 heavy (non-hydrogen) atoms. The third-order valence-electron chi connectivity index (χ3n) is 3.57. The summed E-state index contributed by atoms with van der Waals surface area (Å²) in [5.41, 5.74) is 10.7. The molecule has 2 N–H and O–H groups in total. The number of fused-ring (bicyclic) bond motifs is 1. The molecule has 0 saturated carbocycles. The first-order valence-electron chi connectivity index (χ1n) is 6.66. The second-order valence-electron chi connectivity index (χ2n) is 5.06. The second-order valence-corrected chi connectivity index (χ2v) is 5.06. The van der Waals surface area contributed by atoms with Gasteiger partial charge in [-0.3, -0.25) is 0 Å². The van der Waals surface area contributed by atoms with Gasteiger partial charge in [-0.05, 0) is 55.2 Å². The van der Waals surface area contributed by atoms with Gasteiger partial charge in [0.15, 0.2) is 0 Å². The van der Waals surface area contributed by atoms with Gasteiger partial charge in [-0.2, -0.15) is 0 Å². The quantitative estimate of drug-likeness (QED) is 0.823. The molecule has 0 aromatic heterocycles. The van der Waals surface area contributed by atoms with Crippen LogP contribution in [-0.4, -0.2) is 6.04 Å². The average molecular weight is 217 g/mol. The Morgan fingerprint density at radius 1 is 1.19 bits per heavy atom. The fourth-order valence-corrected chi connectivity index (χ4v) is 2.69. The van der Waals surface area contributed by atoms with Crippen LogP contribution in [0, 0.1) is 0 Å². The Balaban J connectivity index is 2.05. The van der Waals surface area contributed by atoms with Gasteiger partial charge in [0.25, 0.3) is 0 Å². The van der Waals surface area contributed by atoms with Crippen LogP contribution in [0.1, 0.15) is 49.3 Å². The van der Waals surface area contributed by atoms with E-state index < -0.39 is 0 Å². The molecule has 0 radical (unpaired) electrons. The molecular formula is C15H23N. The zero-order chi connectivity index (χ0) is 11.4. The van der Waals surface area contributed by atoms with Crippen LogP contribution in [0.15, 0.2) is 18.2 Å². The van der Waals surface area contributed by atoms with Gasteiger partial charge in [0.05, 0.1) is 0 Å². The molecule has 1 unspecified atom stereocenters. The Morgan fingerprint density at radius 2 is 1.94 bits per heavy atom. The highest BCUT2D eigenvalue weighted by atomic mass is 14.6. The van der Waals surface area contributed by atoms with Gasteiger partial charge < -0.3 is 5.73 Å². The maximum atomic E-state index is 6.09. The minimum atomic E-state index is 0.339. The first-order valence-corrected chi connectivity index (χ1v) is 6.66. The zero-order valence-electron chi connectivity index (χ0n) is 10.3. The summed E-state index contributed by atoms with van der Waals surface area (Å²) in [6, 6.07) is 7.33. The van der Waals surface area contributed by atoms with E-state index in [1.54, 1.807) is 11.1 Å². The van der Waals surface area contributed by atoms with Gasteiger partial charge in [0.1, 0.15) is 0 Å². The molecule has 1 heteroatoms. The molecule has 1 aromatic rings. The summed E-state index contributed by atoms with van der Waals surface area (Å²) < 4.78 is 0. The lowest BCUT2D eigenvalue weighted by Gasteiger charge is -2.18. The van der Waals surface area contributed by atoms with Crippen molar-refractivity contribution in [1.82, 2.24) is 0 Å². The van der Waals surface area contributed by atoms with Crippen LogP contribution < -0.4 is 5.73 Å². The fraction of sp³-hybridized carbons (Fsp3) is 0.600. The van der Waals surface area contributed by atoms with Crippen LogP contribution in [0.2, 0.25) is 0 Å². The summed E-state index contributed by atoms with van der Waals surface area (Å²) in [5.74, 6) is 0. The van der Waals surface area contributed by atoms with E-state index in [0.717, 1.165) is 12.8 Å². The summed E-state index contributed by atoms with van der Waals surface area (Å²) in [6.07, 6.45) is 8.63. The number of aryl methyl sites for hydroxylation is 2. The molecule has 0 heterocycles. The maximum absolute atomic E-state index is 6.09. The molecule has 1 atom stereocenters. The molecular weight excluding hydrogens is 194 g/mol. The summed E-state index contributed by atoms with van der Waals surface area (Å²) in [5, 5.41) is 0. The third kappa shape index (κ3) is 2.85. The van der Waals surface area contributed by atoms with E-state index in [4.69, 9.17) is 5.73 Å². The highest BCUT2D eigenvalue weighted by Gasteiger charge is 2.10. The average Bonchev–Trinajstić information content (AvgIpc) is 2.29. The van der Waals surface area contributed by atoms with E-state index in [-0.39, 0.29) is 0 Å². The molecule has 0 spiro atoms.